The zero-order valence-corrected chi connectivity index (χ0v) is 15.2. The quantitative estimate of drug-likeness (QED) is 0.911. The summed E-state index contributed by atoms with van der Waals surface area (Å²) in [5, 5.41) is 5.38. The molecule has 4 rings (SSSR count). The molecule has 0 spiro atoms. The van der Waals surface area contributed by atoms with Crippen molar-refractivity contribution in [1.82, 2.24) is 10.3 Å². The molecule has 1 aliphatic carbocycles. The molecule has 0 radical (unpaired) electrons. The van der Waals surface area contributed by atoms with Gasteiger partial charge in [-0.25, -0.2) is 0 Å². The summed E-state index contributed by atoms with van der Waals surface area (Å²) in [5.74, 6) is 0.963. The third kappa shape index (κ3) is 3.54. The van der Waals surface area contributed by atoms with E-state index in [0.717, 1.165) is 55.0 Å². The predicted octanol–water partition coefficient (Wildman–Crippen LogP) is 3.61. The maximum atomic E-state index is 12.5. The van der Waals surface area contributed by atoms with Gasteiger partial charge in [-0.2, -0.15) is 0 Å². The van der Waals surface area contributed by atoms with Crippen LogP contribution in [-0.2, 0) is 9.53 Å². The number of ether oxygens (including phenoxy) is 2. The minimum atomic E-state index is -0.635. The summed E-state index contributed by atoms with van der Waals surface area (Å²) in [5.41, 5.74) is -0.635. The monoisotopic (exact) mass is 354 g/mol. The van der Waals surface area contributed by atoms with Crippen molar-refractivity contribution in [3.63, 3.8) is 0 Å². The van der Waals surface area contributed by atoms with Crippen molar-refractivity contribution >= 4 is 16.7 Å². The summed E-state index contributed by atoms with van der Waals surface area (Å²) in [6.45, 7) is 2.59. The SMILES string of the molecule is CC1(C(=O)NC2CCC(Oc3cccc4cnccc34)CC2)CCCO1. The van der Waals surface area contributed by atoms with Crippen molar-refractivity contribution in [2.45, 2.75) is 63.2 Å². The first-order valence-electron chi connectivity index (χ1n) is 9.58. The van der Waals surface area contributed by atoms with Crippen LogP contribution in [-0.4, -0.2) is 35.2 Å². The second-order valence-electron chi connectivity index (χ2n) is 7.60. The second-order valence-corrected chi connectivity index (χ2v) is 7.60. The van der Waals surface area contributed by atoms with Crippen LogP contribution in [0.4, 0.5) is 0 Å². The lowest BCUT2D eigenvalue weighted by molar-refractivity contribution is -0.140. The Hall–Kier alpha value is -2.14. The van der Waals surface area contributed by atoms with E-state index in [1.165, 1.54) is 0 Å². The van der Waals surface area contributed by atoms with Gasteiger partial charge in [-0.3, -0.25) is 9.78 Å². The third-order valence-corrected chi connectivity index (χ3v) is 5.64. The topological polar surface area (TPSA) is 60.5 Å². The molecular formula is C21H26N2O3. The smallest absolute Gasteiger partial charge is 0.252 e. The second kappa shape index (κ2) is 7.23. The van der Waals surface area contributed by atoms with Gasteiger partial charge >= 0.3 is 0 Å². The molecule has 1 saturated heterocycles. The summed E-state index contributed by atoms with van der Waals surface area (Å²) < 4.78 is 11.9. The van der Waals surface area contributed by atoms with E-state index in [-0.39, 0.29) is 18.1 Å². The van der Waals surface area contributed by atoms with E-state index in [4.69, 9.17) is 9.47 Å². The summed E-state index contributed by atoms with van der Waals surface area (Å²) >= 11 is 0. The van der Waals surface area contributed by atoms with Crippen LogP contribution < -0.4 is 10.1 Å². The molecule has 2 aliphatic rings. The first-order chi connectivity index (χ1) is 12.6. The first kappa shape index (κ1) is 17.3. The molecule has 1 saturated carbocycles. The minimum absolute atomic E-state index is 0.0425. The molecule has 1 N–H and O–H groups in total. The number of fused-ring (bicyclic) bond motifs is 1. The Morgan fingerprint density at radius 3 is 2.88 bits per heavy atom. The Kier molecular flexibility index (Phi) is 4.81. The largest absolute Gasteiger partial charge is 0.490 e. The van der Waals surface area contributed by atoms with Gasteiger partial charge < -0.3 is 14.8 Å². The maximum absolute atomic E-state index is 12.5. The number of benzene rings is 1. The van der Waals surface area contributed by atoms with Crippen LogP contribution in [0.3, 0.4) is 0 Å². The number of nitrogens with zero attached hydrogens (tertiary/aromatic N) is 1. The van der Waals surface area contributed by atoms with E-state index in [1.807, 2.05) is 37.4 Å². The highest BCUT2D eigenvalue weighted by molar-refractivity contribution is 5.87. The summed E-state index contributed by atoms with van der Waals surface area (Å²) in [4.78, 5) is 16.7. The van der Waals surface area contributed by atoms with E-state index in [1.54, 1.807) is 6.20 Å². The molecule has 1 amide bonds. The molecule has 5 heteroatoms. The van der Waals surface area contributed by atoms with Crippen LogP contribution in [0.25, 0.3) is 10.8 Å². The van der Waals surface area contributed by atoms with E-state index in [2.05, 4.69) is 10.3 Å². The number of hydrogen-bond acceptors (Lipinski definition) is 4. The number of aromatic nitrogens is 1. The zero-order chi connectivity index (χ0) is 18.0. The fourth-order valence-corrected chi connectivity index (χ4v) is 4.00. The molecule has 1 aromatic carbocycles. The highest BCUT2D eigenvalue weighted by atomic mass is 16.5. The fourth-order valence-electron chi connectivity index (χ4n) is 4.00. The van der Waals surface area contributed by atoms with Crippen molar-refractivity contribution < 1.29 is 14.3 Å². The number of rotatable bonds is 4. The molecule has 1 unspecified atom stereocenters. The van der Waals surface area contributed by atoms with E-state index in [0.29, 0.717) is 6.61 Å². The molecule has 5 nitrogen and oxygen atoms in total. The van der Waals surface area contributed by atoms with E-state index >= 15 is 0 Å². The van der Waals surface area contributed by atoms with Gasteiger partial charge in [0.15, 0.2) is 0 Å². The van der Waals surface area contributed by atoms with Crippen molar-refractivity contribution in [2.24, 2.45) is 0 Å². The van der Waals surface area contributed by atoms with Gasteiger partial charge in [-0.05, 0) is 57.6 Å². The van der Waals surface area contributed by atoms with Gasteiger partial charge in [0.2, 0.25) is 0 Å². The average molecular weight is 354 g/mol. The predicted molar refractivity (Wildman–Crippen MR) is 100 cm³/mol. The van der Waals surface area contributed by atoms with Crippen LogP contribution in [0.15, 0.2) is 36.7 Å². The van der Waals surface area contributed by atoms with Crippen LogP contribution in [0.2, 0.25) is 0 Å². The van der Waals surface area contributed by atoms with Crippen molar-refractivity contribution in [2.75, 3.05) is 6.61 Å². The Balaban J connectivity index is 1.33. The van der Waals surface area contributed by atoms with Gasteiger partial charge in [0, 0.05) is 35.8 Å². The standard InChI is InChI=1S/C21H26N2O3/c1-21(11-3-13-25-21)20(24)23-16-6-8-17(9-7-16)26-19-5-2-4-15-14-22-12-10-18(15)19/h2,4-5,10,12,14,16-17H,3,6-9,11,13H2,1H3,(H,23,24). The van der Waals surface area contributed by atoms with Crippen molar-refractivity contribution in [3.8, 4) is 5.75 Å². The first-order valence-corrected chi connectivity index (χ1v) is 9.58. The summed E-state index contributed by atoms with van der Waals surface area (Å²) in [6.07, 6.45) is 9.41. The number of nitrogens with one attached hydrogen (secondary N) is 1. The molecule has 1 atom stereocenters. The number of amides is 1. The molecule has 2 fully saturated rings. The molecule has 0 bridgehead atoms. The van der Waals surface area contributed by atoms with Crippen molar-refractivity contribution in [1.29, 1.82) is 0 Å². The van der Waals surface area contributed by atoms with Crippen LogP contribution in [0.5, 0.6) is 5.75 Å². The molecule has 138 valence electrons. The van der Waals surface area contributed by atoms with E-state index in [9.17, 15) is 4.79 Å². The lowest BCUT2D eigenvalue weighted by Crippen LogP contribution is -2.49. The molecular weight excluding hydrogens is 328 g/mol. The summed E-state index contributed by atoms with van der Waals surface area (Å²) in [7, 11) is 0. The molecule has 26 heavy (non-hydrogen) atoms. The van der Waals surface area contributed by atoms with Gasteiger partial charge in [0.1, 0.15) is 11.4 Å². The minimum Gasteiger partial charge on any atom is -0.490 e. The normalized spacial score (nSPS) is 28.8. The van der Waals surface area contributed by atoms with Crippen LogP contribution in [0.1, 0.15) is 45.4 Å². The number of carbonyl (C=O) groups is 1. The Morgan fingerprint density at radius 1 is 1.27 bits per heavy atom. The number of pyridine rings is 1. The molecule has 1 aromatic heterocycles. The zero-order valence-electron chi connectivity index (χ0n) is 15.2. The Morgan fingerprint density at radius 2 is 2.12 bits per heavy atom. The molecule has 2 heterocycles. The van der Waals surface area contributed by atoms with Gasteiger partial charge in [0.25, 0.3) is 5.91 Å². The molecule has 1 aliphatic heterocycles. The van der Waals surface area contributed by atoms with Crippen LogP contribution in [0, 0.1) is 0 Å². The van der Waals surface area contributed by atoms with Gasteiger partial charge in [-0.1, -0.05) is 12.1 Å². The van der Waals surface area contributed by atoms with Crippen molar-refractivity contribution in [3.05, 3.63) is 36.7 Å². The van der Waals surface area contributed by atoms with Gasteiger partial charge in [0.05, 0.1) is 6.10 Å². The number of carbonyl (C=O) groups excluding carboxylic acids is 1. The lowest BCUT2D eigenvalue weighted by Gasteiger charge is -2.32. The Labute approximate surface area is 154 Å². The third-order valence-electron chi connectivity index (χ3n) is 5.64. The van der Waals surface area contributed by atoms with Crippen LogP contribution >= 0.6 is 0 Å². The highest BCUT2D eigenvalue weighted by Gasteiger charge is 2.39. The van der Waals surface area contributed by atoms with Gasteiger partial charge in [-0.15, -0.1) is 0 Å². The lowest BCUT2D eigenvalue weighted by atomic mass is 9.91. The highest BCUT2D eigenvalue weighted by Crippen LogP contribution is 2.30. The fraction of sp³-hybridized carbons (Fsp3) is 0.524. The van der Waals surface area contributed by atoms with E-state index < -0.39 is 5.60 Å². The molecule has 2 aromatic rings. The summed E-state index contributed by atoms with van der Waals surface area (Å²) in [6, 6.07) is 8.30. The maximum Gasteiger partial charge on any atom is 0.252 e. The Bertz CT molecular complexity index is 772. The average Bonchev–Trinajstić information content (AvgIpc) is 3.12. The number of hydrogen-bond donors (Lipinski definition) is 1.